The number of thiazole rings is 1. The lowest BCUT2D eigenvalue weighted by Gasteiger charge is -2.01. The monoisotopic (exact) mass is 440 g/mol. The Labute approximate surface area is 129 Å². The SMILES string of the molecule is Nc1csc(NN=Cc2ccc(I)c(F)c2Br)n1. The highest BCUT2D eigenvalue weighted by molar-refractivity contribution is 14.1. The van der Waals surface area contributed by atoms with E-state index in [-0.39, 0.29) is 5.82 Å². The zero-order chi connectivity index (χ0) is 13.1. The highest BCUT2D eigenvalue weighted by Crippen LogP contribution is 2.24. The highest BCUT2D eigenvalue weighted by atomic mass is 127. The zero-order valence-electron chi connectivity index (χ0n) is 8.82. The Hall–Kier alpha value is -0.740. The van der Waals surface area contributed by atoms with E-state index in [0.29, 0.717) is 24.6 Å². The summed E-state index contributed by atoms with van der Waals surface area (Å²) in [5.41, 5.74) is 8.84. The third kappa shape index (κ3) is 3.18. The first-order valence-corrected chi connectivity index (χ1v) is 7.46. The summed E-state index contributed by atoms with van der Waals surface area (Å²) in [7, 11) is 0. The molecule has 18 heavy (non-hydrogen) atoms. The van der Waals surface area contributed by atoms with E-state index in [9.17, 15) is 4.39 Å². The summed E-state index contributed by atoms with van der Waals surface area (Å²) in [6.07, 6.45) is 1.51. The number of halogens is 3. The Morgan fingerprint density at radius 2 is 2.33 bits per heavy atom. The van der Waals surface area contributed by atoms with Crippen LogP contribution in [0.3, 0.4) is 0 Å². The van der Waals surface area contributed by atoms with Gasteiger partial charge in [0, 0.05) is 14.5 Å². The van der Waals surface area contributed by atoms with Gasteiger partial charge in [0.1, 0.15) is 5.82 Å². The Balaban J connectivity index is 2.12. The van der Waals surface area contributed by atoms with Crippen molar-refractivity contribution >= 4 is 67.0 Å². The highest BCUT2D eigenvalue weighted by Gasteiger charge is 2.07. The van der Waals surface area contributed by atoms with Gasteiger partial charge in [0.05, 0.1) is 10.7 Å². The van der Waals surface area contributed by atoms with Gasteiger partial charge in [-0.15, -0.1) is 11.3 Å². The van der Waals surface area contributed by atoms with Crippen LogP contribution in [0.1, 0.15) is 5.56 Å². The molecule has 3 N–H and O–H groups in total. The normalized spacial score (nSPS) is 11.1. The third-order valence-electron chi connectivity index (χ3n) is 1.95. The smallest absolute Gasteiger partial charge is 0.205 e. The van der Waals surface area contributed by atoms with Crippen LogP contribution in [0.2, 0.25) is 0 Å². The number of benzene rings is 1. The molecular formula is C10H7BrFIN4S. The summed E-state index contributed by atoms with van der Waals surface area (Å²) < 4.78 is 14.5. The number of rotatable bonds is 3. The summed E-state index contributed by atoms with van der Waals surface area (Å²) in [6.45, 7) is 0. The minimum atomic E-state index is -0.293. The van der Waals surface area contributed by atoms with Gasteiger partial charge in [-0.3, -0.25) is 5.43 Å². The molecule has 1 heterocycles. The molecule has 94 valence electrons. The molecule has 0 amide bonds. The zero-order valence-corrected chi connectivity index (χ0v) is 13.4. The van der Waals surface area contributed by atoms with Crippen molar-refractivity contribution in [1.29, 1.82) is 0 Å². The molecule has 0 bridgehead atoms. The third-order valence-corrected chi connectivity index (χ3v) is 4.36. The summed E-state index contributed by atoms with van der Waals surface area (Å²) >= 11 is 6.47. The number of nitrogen functional groups attached to an aromatic ring is 1. The molecule has 0 atom stereocenters. The lowest BCUT2D eigenvalue weighted by Crippen LogP contribution is -1.94. The molecule has 0 aliphatic rings. The molecule has 2 rings (SSSR count). The molecule has 0 fully saturated rings. The Kier molecular flexibility index (Phi) is 4.51. The average molecular weight is 441 g/mol. The van der Waals surface area contributed by atoms with Crippen LogP contribution in [0.15, 0.2) is 27.1 Å². The van der Waals surface area contributed by atoms with E-state index >= 15 is 0 Å². The van der Waals surface area contributed by atoms with Gasteiger partial charge in [-0.2, -0.15) is 5.10 Å². The Morgan fingerprint density at radius 3 is 3.00 bits per heavy atom. The van der Waals surface area contributed by atoms with E-state index < -0.39 is 0 Å². The van der Waals surface area contributed by atoms with Crippen LogP contribution in [0.5, 0.6) is 0 Å². The predicted octanol–water partition coefficient (Wildman–Crippen LogP) is 3.68. The molecule has 0 aliphatic heterocycles. The quantitative estimate of drug-likeness (QED) is 0.331. The Bertz CT molecular complexity index is 602. The summed E-state index contributed by atoms with van der Waals surface area (Å²) in [5.74, 6) is 0.150. The topological polar surface area (TPSA) is 63.3 Å². The maximum absolute atomic E-state index is 13.6. The number of hydrogen-bond donors (Lipinski definition) is 2. The second-order valence-corrected chi connectivity index (χ2v) is 6.03. The molecular weight excluding hydrogens is 434 g/mol. The molecule has 1 aromatic heterocycles. The molecule has 0 aliphatic carbocycles. The number of aromatic nitrogens is 1. The van der Waals surface area contributed by atoms with Crippen molar-refractivity contribution in [3.05, 3.63) is 36.9 Å². The van der Waals surface area contributed by atoms with Crippen molar-refractivity contribution in [3.63, 3.8) is 0 Å². The first-order valence-electron chi connectivity index (χ1n) is 4.71. The molecule has 0 spiro atoms. The van der Waals surface area contributed by atoms with Gasteiger partial charge in [0.15, 0.2) is 5.82 Å². The van der Waals surface area contributed by atoms with Crippen LogP contribution in [-0.2, 0) is 0 Å². The van der Waals surface area contributed by atoms with Gasteiger partial charge in [-0.1, -0.05) is 6.07 Å². The van der Waals surface area contributed by atoms with Gasteiger partial charge >= 0.3 is 0 Å². The van der Waals surface area contributed by atoms with Crippen LogP contribution in [0.25, 0.3) is 0 Å². The van der Waals surface area contributed by atoms with Crippen LogP contribution < -0.4 is 11.2 Å². The van der Waals surface area contributed by atoms with Gasteiger partial charge < -0.3 is 5.73 Å². The predicted molar refractivity (Wildman–Crippen MR) is 84.6 cm³/mol. The van der Waals surface area contributed by atoms with Crippen LogP contribution in [0.4, 0.5) is 15.3 Å². The second-order valence-electron chi connectivity index (χ2n) is 3.21. The van der Waals surface area contributed by atoms with Gasteiger partial charge in [-0.25, -0.2) is 9.37 Å². The first-order chi connectivity index (χ1) is 8.58. The van der Waals surface area contributed by atoms with Crippen LogP contribution >= 0.6 is 49.9 Å². The van der Waals surface area contributed by atoms with Crippen molar-refractivity contribution < 1.29 is 4.39 Å². The van der Waals surface area contributed by atoms with E-state index in [4.69, 9.17) is 5.73 Å². The lowest BCUT2D eigenvalue weighted by molar-refractivity contribution is 0.613. The molecule has 0 saturated heterocycles. The molecule has 0 unspecified atom stereocenters. The standard InChI is InChI=1S/C10H7BrFIN4S/c11-8-5(1-2-6(13)9(8)12)3-15-17-10-16-7(14)4-18-10/h1-4H,14H2,(H,16,17). The first kappa shape index (κ1) is 13.7. The molecule has 0 radical (unpaired) electrons. The molecule has 2 aromatic rings. The van der Waals surface area contributed by atoms with Crippen molar-refractivity contribution in [2.45, 2.75) is 0 Å². The molecule has 4 nitrogen and oxygen atoms in total. The number of nitrogens with one attached hydrogen (secondary N) is 1. The maximum Gasteiger partial charge on any atom is 0.205 e. The average Bonchev–Trinajstić information content (AvgIpc) is 2.75. The summed E-state index contributed by atoms with van der Waals surface area (Å²) in [4.78, 5) is 3.98. The van der Waals surface area contributed by atoms with Crippen molar-refractivity contribution in [1.82, 2.24) is 4.98 Å². The van der Waals surface area contributed by atoms with Crippen LogP contribution in [0, 0.1) is 9.39 Å². The number of hydrogen-bond acceptors (Lipinski definition) is 5. The lowest BCUT2D eigenvalue weighted by atomic mass is 10.2. The van der Waals surface area contributed by atoms with Gasteiger partial charge in [0.2, 0.25) is 5.13 Å². The summed E-state index contributed by atoms with van der Waals surface area (Å²) in [5, 5.41) is 6.27. The van der Waals surface area contributed by atoms with Crippen LogP contribution in [-0.4, -0.2) is 11.2 Å². The fourth-order valence-electron chi connectivity index (χ4n) is 1.14. The molecule has 0 saturated carbocycles. The fourth-order valence-corrected chi connectivity index (χ4v) is 2.95. The number of hydrazone groups is 1. The second kappa shape index (κ2) is 5.93. The van der Waals surface area contributed by atoms with Crippen molar-refractivity contribution in [2.75, 3.05) is 11.2 Å². The van der Waals surface area contributed by atoms with Gasteiger partial charge in [0.25, 0.3) is 0 Å². The van der Waals surface area contributed by atoms with E-state index in [0.717, 1.165) is 0 Å². The Morgan fingerprint density at radius 1 is 1.56 bits per heavy atom. The largest absolute Gasteiger partial charge is 0.383 e. The maximum atomic E-state index is 13.6. The van der Waals surface area contributed by atoms with Gasteiger partial charge in [-0.05, 0) is 44.6 Å². The number of nitrogens with two attached hydrogens (primary N) is 1. The van der Waals surface area contributed by atoms with Crippen molar-refractivity contribution in [2.24, 2.45) is 5.10 Å². The van der Waals surface area contributed by atoms with E-state index in [1.807, 2.05) is 22.6 Å². The van der Waals surface area contributed by atoms with E-state index in [2.05, 4.69) is 31.4 Å². The fraction of sp³-hybridized carbons (Fsp3) is 0. The molecule has 1 aromatic carbocycles. The number of anilines is 2. The minimum Gasteiger partial charge on any atom is -0.383 e. The van der Waals surface area contributed by atoms with E-state index in [1.54, 1.807) is 17.5 Å². The number of nitrogens with zero attached hydrogens (tertiary/aromatic N) is 2. The minimum absolute atomic E-state index is 0.293. The summed E-state index contributed by atoms with van der Waals surface area (Å²) in [6, 6.07) is 3.46. The van der Waals surface area contributed by atoms with E-state index in [1.165, 1.54) is 17.6 Å². The van der Waals surface area contributed by atoms with Crippen molar-refractivity contribution in [3.8, 4) is 0 Å². The molecule has 8 heteroatoms.